The van der Waals surface area contributed by atoms with Crippen LogP contribution in [0.3, 0.4) is 0 Å². The van der Waals surface area contributed by atoms with E-state index in [2.05, 4.69) is 15.9 Å². The van der Waals surface area contributed by atoms with E-state index in [9.17, 15) is 0 Å². The van der Waals surface area contributed by atoms with Crippen molar-refractivity contribution in [2.75, 3.05) is 24.7 Å². The van der Waals surface area contributed by atoms with Crippen LogP contribution in [0.5, 0.6) is 0 Å². The summed E-state index contributed by atoms with van der Waals surface area (Å²) in [6.07, 6.45) is 1.08. The zero-order chi connectivity index (χ0) is 11.1. The number of ether oxygens (including phenoxy) is 1. The molecule has 0 aliphatic heterocycles. The Hall–Kier alpha value is -0.190. The van der Waals surface area contributed by atoms with Crippen LogP contribution in [-0.2, 0) is 4.74 Å². The van der Waals surface area contributed by atoms with Crippen molar-refractivity contribution in [2.45, 2.75) is 18.2 Å². The van der Waals surface area contributed by atoms with Gasteiger partial charge in [-0.1, -0.05) is 0 Å². The molecule has 0 atom stereocenters. The van der Waals surface area contributed by atoms with Crippen molar-refractivity contribution in [3.8, 4) is 0 Å². The van der Waals surface area contributed by atoms with Gasteiger partial charge in [0.15, 0.2) is 0 Å². The van der Waals surface area contributed by atoms with Crippen molar-refractivity contribution < 1.29 is 4.74 Å². The van der Waals surface area contributed by atoms with Crippen LogP contribution >= 0.6 is 27.7 Å². The monoisotopic (exact) mass is 289 g/mol. The van der Waals surface area contributed by atoms with Crippen LogP contribution in [-0.4, -0.2) is 19.0 Å². The number of hydrogen-bond donors (Lipinski definition) is 1. The van der Waals surface area contributed by atoms with Gasteiger partial charge in [0, 0.05) is 34.0 Å². The number of benzene rings is 1. The molecule has 1 aromatic carbocycles. The highest BCUT2D eigenvalue weighted by Gasteiger charge is 2.00. The molecule has 84 valence electrons. The molecule has 15 heavy (non-hydrogen) atoms. The minimum Gasteiger partial charge on any atom is -0.399 e. The topological polar surface area (TPSA) is 35.2 Å². The van der Waals surface area contributed by atoms with Crippen LogP contribution in [0.4, 0.5) is 5.69 Å². The van der Waals surface area contributed by atoms with Crippen LogP contribution < -0.4 is 5.73 Å². The fraction of sp³-hybridized carbons (Fsp3) is 0.455. The third-order valence-corrected chi connectivity index (χ3v) is 3.93. The molecular formula is C11H16BrNOS. The lowest BCUT2D eigenvalue weighted by atomic mass is 10.3. The van der Waals surface area contributed by atoms with Gasteiger partial charge >= 0.3 is 0 Å². The number of thioether (sulfide) groups is 1. The van der Waals surface area contributed by atoms with Gasteiger partial charge in [0.2, 0.25) is 0 Å². The summed E-state index contributed by atoms with van der Waals surface area (Å²) in [5, 5.41) is 0. The summed E-state index contributed by atoms with van der Waals surface area (Å²) >= 11 is 5.32. The van der Waals surface area contributed by atoms with Crippen molar-refractivity contribution in [1.29, 1.82) is 0 Å². The summed E-state index contributed by atoms with van der Waals surface area (Å²) < 4.78 is 6.35. The van der Waals surface area contributed by atoms with E-state index in [1.54, 1.807) is 0 Å². The molecule has 1 rings (SSSR count). The maximum atomic E-state index is 5.66. The minimum atomic E-state index is 0.792. The first-order chi connectivity index (χ1) is 7.24. The van der Waals surface area contributed by atoms with Crippen LogP contribution in [0.15, 0.2) is 27.6 Å². The van der Waals surface area contributed by atoms with Gasteiger partial charge < -0.3 is 10.5 Å². The Kier molecular flexibility index (Phi) is 6.13. The second-order valence-electron chi connectivity index (χ2n) is 3.09. The molecule has 1 aromatic rings. The van der Waals surface area contributed by atoms with Gasteiger partial charge in [-0.15, -0.1) is 11.8 Å². The lowest BCUT2D eigenvalue weighted by molar-refractivity contribution is 0.149. The van der Waals surface area contributed by atoms with E-state index in [1.165, 1.54) is 4.90 Å². The third-order valence-electron chi connectivity index (χ3n) is 1.85. The fourth-order valence-corrected chi connectivity index (χ4v) is 2.70. The first-order valence-electron chi connectivity index (χ1n) is 4.99. The SMILES string of the molecule is CCOCCCSc1ccc(N)cc1Br. The number of halogens is 1. The van der Waals surface area contributed by atoms with Crippen molar-refractivity contribution in [3.63, 3.8) is 0 Å². The molecule has 0 heterocycles. The van der Waals surface area contributed by atoms with Gasteiger partial charge in [-0.2, -0.15) is 0 Å². The number of rotatable bonds is 6. The Morgan fingerprint density at radius 3 is 2.93 bits per heavy atom. The molecule has 2 N–H and O–H groups in total. The maximum absolute atomic E-state index is 5.66. The largest absolute Gasteiger partial charge is 0.399 e. The lowest BCUT2D eigenvalue weighted by Crippen LogP contribution is -1.94. The zero-order valence-electron chi connectivity index (χ0n) is 8.83. The second kappa shape index (κ2) is 7.14. The van der Waals surface area contributed by atoms with Crippen LogP contribution in [0.1, 0.15) is 13.3 Å². The Morgan fingerprint density at radius 1 is 1.47 bits per heavy atom. The Balaban J connectivity index is 2.31. The van der Waals surface area contributed by atoms with Gasteiger partial charge in [-0.3, -0.25) is 0 Å². The third kappa shape index (κ3) is 4.91. The summed E-state index contributed by atoms with van der Waals surface area (Å²) in [6, 6.07) is 5.91. The van der Waals surface area contributed by atoms with E-state index in [0.29, 0.717) is 0 Å². The van der Waals surface area contributed by atoms with Crippen LogP contribution in [0.2, 0.25) is 0 Å². The van der Waals surface area contributed by atoms with Gasteiger partial charge in [0.05, 0.1) is 0 Å². The van der Waals surface area contributed by atoms with E-state index in [-0.39, 0.29) is 0 Å². The zero-order valence-corrected chi connectivity index (χ0v) is 11.2. The molecule has 0 bridgehead atoms. The molecule has 0 aliphatic rings. The molecule has 0 unspecified atom stereocenters. The fourth-order valence-electron chi connectivity index (χ4n) is 1.12. The van der Waals surface area contributed by atoms with Gasteiger partial charge in [0.1, 0.15) is 0 Å². The van der Waals surface area contributed by atoms with Gasteiger partial charge in [-0.25, -0.2) is 0 Å². The first kappa shape index (κ1) is 12.9. The number of nitrogens with two attached hydrogens (primary N) is 1. The Labute approximate surface area is 104 Å². The standard InChI is InChI=1S/C11H16BrNOS/c1-2-14-6-3-7-15-11-5-4-9(13)8-10(11)12/h4-5,8H,2-3,6-7,13H2,1H3. The molecule has 0 saturated heterocycles. The highest BCUT2D eigenvalue weighted by atomic mass is 79.9. The van der Waals surface area contributed by atoms with E-state index in [1.807, 2.05) is 36.9 Å². The minimum absolute atomic E-state index is 0.792. The van der Waals surface area contributed by atoms with Crippen molar-refractivity contribution in [1.82, 2.24) is 0 Å². The van der Waals surface area contributed by atoms with E-state index < -0.39 is 0 Å². The Morgan fingerprint density at radius 2 is 2.27 bits per heavy atom. The van der Waals surface area contributed by atoms with E-state index in [0.717, 1.165) is 35.5 Å². The second-order valence-corrected chi connectivity index (χ2v) is 5.08. The normalized spacial score (nSPS) is 10.5. The molecule has 0 amide bonds. The molecule has 0 aromatic heterocycles. The smallest absolute Gasteiger partial charge is 0.0473 e. The average molecular weight is 290 g/mol. The number of hydrogen-bond acceptors (Lipinski definition) is 3. The summed E-state index contributed by atoms with van der Waals surface area (Å²) in [6.45, 7) is 3.66. The Bertz CT molecular complexity index is 307. The van der Waals surface area contributed by atoms with Gasteiger partial charge in [-0.05, 0) is 47.5 Å². The highest BCUT2D eigenvalue weighted by molar-refractivity contribution is 9.10. The van der Waals surface area contributed by atoms with Crippen LogP contribution in [0.25, 0.3) is 0 Å². The average Bonchev–Trinajstić information content (AvgIpc) is 2.20. The molecule has 0 spiro atoms. The highest BCUT2D eigenvalue weighted by Crippen LogP contribution is 2.29. The van der Waals surface area contributed by atoms with Crippen molar-refractivity contribution in [3.05, 3.63) is 22.7 Å². The van der Waals surface area contributed by atoms with E-state index >= 15 is 0 Å². The molecule has 0 saturated carbocycles. The van der Waals surface area contributed by atoms with Crippen LogP contribution in [0, 0.1) is 0 Å². The molecule has 4 heteroatoms. The molecule has 0 fully saturated rings. The van der Waals surface area contributed by atoms with Crippen molar-refractivity contribution >= 4 is 33.4 Å². The van der Waals surface area contributed by atoms with E-state index in [4.69, 9.17) is 10.5 Å². The predicted octanol–water partition coefficient (Wildman–Crippen LogP) is 3.55. The first-order valence-corrected chi connectivity index (χ1v) is 6.77. The summed E-state index contributed by atoms with van der Waals surface area (Å²) in [5.41, 5.74) is 6.45. The molecular weight excluding hydrogens is 274 g/mol. The summed E-state index contributed by atoms with van der Waals surface area (Å²) in [5.74, 6) is 1.07. The predicted molar refractivity (Wildman–Crippen MR) is 70.4 cm³/mol. The molecule has 0 aliphatic carbocycles. The summed E-state index contributed by atoms with van der Waals surface area (Å²) in [4.78, 5) is 1.24. The number of nitrogen functional groups attached to an aromatic ring is 1. The molecule has 0 radical (unpaired) electrons. The van der Waals surface area contributed by atoms with Crippen molar-refractivity contribution in [2.24, 2.45) is 0 Å². The lowest BCUT2D eigenvalue weighted by Gasteiger charge is -2.05. The molecule has 2 nitrogen and oxygen atoms in total. The maximum Gasteiger partial charge on any atom is 0.0473 e. The number of anilines is 1. The quantitative estimate of drug-likeness (QED) is 0.494. The van der Waals surface area contributed by atoms with Gasteiger partial charge in [0.25, 0.3) is 0 Å². The summed E-state index contributed by atoms with van der Waals surface area (Å²) in [7, 11) is 0.